The van der Waals surface area contributed by atoms with E-state index in [0.29, 0.717) is 12.1 Å². The minimum Gasteiger partial charge on any atom is -0.326 e. The SMILES string of the molecule is Cc1ccc(F)c(S(=O)(=O)NCc2ccccc2CN)c1. The van der Waals surface area contributed by atoms with Gasteiger partial charge in [-0.1, -0.05) is 30.3 Å². The molecule has 0 fully saturated rings. The molecule has 112 valence electrons. The van der Waals surface area contributed by atoms with E-state index >= 15 is 0 Å². The molecule has 0 aliphatic heterocycles. The molecular formula is C15H17FN2O2S. The van der Waals surface area contributed by atoms with Crippen LogP contribution in [0.3, 0.4) is 0 Å². The first kappa shape index (κ1) is 15.6. The number of nitrogens with two attached hydrogens (primary N) is 1. The fourth-order valence-corrected chi connectivity index (χ4v) is 3.16. The van der Waals surface area contributed by atoms with E-state index in [1.165, 1.54) is 12.1 Å². The van der Waals surface area contributed by atoms with Crippen molar-refractivity contribution in [2.24, 2.45) is 5.73 Å². The lowest BCUT2D eigenvalue weighted by atomic mass is 10.1. The van der Waals surface area contributed by atoms with E-state index in [1.54, 1.807) is 19.1 Å². The summed E-state index contributed by atoms with van der Waals surface area (Å²) in [7, 11) is -3.90. The topological polar surface area (TPSA) is 72.2 Å². The Labute approximate surface area is 123 Å². The molecule has 3 N–H and O–H groups in total. The van der Waals surface area contributed by atoms with Crippen LogP contribution in [0, 0.1) is 12.7 Å². The van der Waals surface area contributed by atoms with Crippen LogP contribution in [-0.4, -0.2) is 8.42 Å². The van der Waals surface area contributed by atoms with Gasteiger partial charge in [-0.05, 0) is 35.7 Å². The van der Waals surface area contributed by atoms with Gasteiger partial charge in [-0.25, -0.2) is 17.5 Å². The molecule has 0 spiro atoms. The van der Waals surface area contributed by atoms with E-state index in [-0.39, 0.29) is 11.4 Å². The minimum atomic E-state index is -3.90. The summed E-state index contributed by atoms with van der Waals surface area (Å²) in [5.74, 6) is -0.764. The van der Waals surface area contributed by atoms with Crippen molar-refractivity contribution in [2.75, 3.05) is 0 Å². The van der Waals surface area contributed by atoms with Crippen LogP contribution in [0.25, 0.3) is 0 Å². The van der Waals surface area contributed by atoms with Gasteiger partial charge in [0.05, 0.1) is 0 Å². The van der Waals surface area contributed by atoms with Crippen molar-refractivity contribution in [3.05, 3.63) is 65.0 Å². The van der Waals surface area contributed by atoms with E-state index in [1.807, 2.05) is 12.1 Å². The fraction of sp³-hybridized carbons (Fsp3) is 0.200. The summed E-state index contributed by atoms with van der Waals surface area (Å²) >= 11 is 0. The minimum absolute atomic E-state index is 0.0725. The molecule has 0 saturated carbocycles. The molecule has 0 unspecified atom stereocenters. The summed E-state index contributed by atoms with van der Waals surface area (Å²) in [6.45, 7) is 2.10. The summed E-state index contributed by atoms with van der Waals surface area (Å²) < 4.78 is 40.5. The molecule has 0 radical (unpaired) electrons. The number of hydrogen-bond donors (Lipinski definition) is 2. The van der Waals surface area contributed by atoms with E-state index in [9.17, 15) is 12.8 Å². The highest BCUT2D eigenvalue weighted by Gasteiger charge is 2.19. The number of hydrogen-bond acceptors (Lipinski definition) is 3. The molecule has 0 heterocycles. The second-order valence-electron chi connectivity index (χ2n) is 4.73. The first-order valence-corrected chi connectivity index (χ1v) is 7.95. The molecule has 0 aliphatic rings. The lowest BCUT2D eigenvalue weighted by Gasteiger charge is -2.11. The summed E-state index contributed by atoms with van der Waals surface area (Å²) in [5, 5.41) is 0. The molecule has 0 aromatic heterocycles. The maximum atomic E-state index is 13.7. The van der Waals surface area contributed by atoms with E-state index in [2.05, 4.69) is 4.72 Å². The van der Waals surface area contributed by atoms with Crippen LogP contribution in [0.5, 0.6) is 0 Å². The van der Waals surface area contributed by atoms with Gasteiger partial charge in [0, 0.05) is 13.1 Å². The largest absolute Gasteiger partial charge is 0.326 e. The van der Waals surface area contributed by atoms with E-state index in [4.69, 9.17) is 5.73 Å². The monoisotopic (exact) mass is 308 g/mol. The highest BCUT2D eigenvalue weighted by molar-refractivity contribution is 7.89. The third kappa shape index (κ3) is 3.66. The third-order valence-electron chi connectivity index (χ3n) is 3.17. The molecule has 0 saturated heterocycles. The maximum Gasteiger partial charge on any atom is 0.243 e. The van der Waals surface area contributed by atoms with Crippen LogP contribution in [0.1, 0.15) is 16.7 Å². The summed E-state index contributed by atoms with van der Waals surface area (Å²) in [6, 6.07) is 11.2. The quantitative estimate of drug-likeness (QED) is 0.888. The van der Waals surface area contributed by atoms with E-state index in [0.717, 1.165) is 17.2 Å². The number of rotatable bonds is 5. The van der Waals surface area contributed by atoms with Crippen LogP contribution < -0.4 is 10.5 Å². The molecule has 2 aromatic carbocycles. The van der Waals surface area contributed by atoms with Gasteiger partial charge in [-0.15, -0.1) is 0 Å². The first-order chi connectivity index (χ1) is 9.94. The van der Waals surface area contributed by atoms with Crippen LogP contribution in [0.15, 0.2) is 47.4 Å². The van der Waals surface area contributed by atoms with Crippen molar-refractivity contribution < 1.29 is 12.8 Å². The molecule has 0 aliphatic carbocycles. The Kier molecular flexibility index (Phi) is 4.72. The highest BCUT2D eigenvalue weighted by Crippen LogP contribution is 2.17. The van der Waals surface area contributed by atoms with Gasteiger partial charge in [-0.2, -0.15) is 0 Å². The predicted molar refractivity (Wildman–Crippen MR) is 79.5 cm³/mol. The lowest BCUT2D eigenvalue weighted by molar-refractivity contribution is 0.556. The van der Waals surface area contributed by atoms with Crippen LogP contribution in [0.2, 0.25) is 0 Å². The Morgan fingerprint density at radius 1 is 1.14 bits per heavy atom. The van der Waals surface area contributed by atoms with Gasteiger partial charge >= 0.3 is 0 Å². The van der Waals surface area contributed by atoms with Crippen molar-refractivity contribution in [2.45, 2.75) is 24.9 Å². The zero-order valence-electron chi connectivity index (χ0n) is 11.6. The molecule has 0 bridgehead atoms. The molecular weight excluding hydrogens is 291 g/mol. The smallest absolute Gasteiger partial charge is 0.243 e. The van der Waals surface area contributed by atoms with Crippen molar-refractivity contribution in [1.29, 1.82) is 0 Å². The Balaban J connectivity index is 2.24. The fourth-order valence-electron chi connectivity index (χ4n) is 2.00. The average Bonchev–Trinajstić information content (AvgIpc) is 2.48. The Bertz CT molecular complexity index is 745. The van der Waals surface area contributed by atoms with Crippen molar-refractivity contribution >= 4 is 10.0 Å². The Morgan fingerprint density at radius 3 is 2.48 bits per heavy atom. The second-order valence-corrected chi connectivity index (χ2v) is 6.47. The molecule has 0 amide bonds. The van der Waals surface area contributed by atoms with Gasteiger partial charge in [0.15, 0.2) is 0 Å². The number of benzene rings is 2. The number of sulfonamides is 1. The van der Waals surface area contributed by atoms with Crippen molar-refractivity contribution in [3.63, 3.8) is 0 Å². The highest BCUT2D eigenvalue weighted by atomic mass is 32.2. The van der Waals surface area contributed by atoms with Crippen LogP contribution in [0.4, 0.5) is 4.39 Å². The first-order valence-electron chi connectivity index (χ1n) is 6.46. The van der Waals surface area contributed by atoms with Gasteiger partial charge in [0.2, 0.25) is 10.0 Å². The summed E-state index contributed by atoms with van der Waals surface area (Å²) in [4.78, 5) is -0.340. The van der Waals surface area contributed by atoms with Gasteiger partial charge in [0.25, 0.3) is 0 Å². The average molecular weight is 308 g/mol. The Morgan fingerprint density at radius 2 is 1.81 bits per heavy atom. The molecule has 6 heteroatoms. The van der Waals surface area contributed by atoms with Crippen molar-refractivity contribution in [1.82, 2.24) is 4.72 Å². The molecule has 0 atom stereocenters. The predicted octanol–water partition coefficient (Wildman–Crippen LogP) is 2.07. The van der Waals surface area contributed by atoms with Crippen LogP contribution in [-0.2, 0) is 23.1 Å². The van der Waals surface area contributed by atoms with Gasteiger partial charge in [0.1, 0.15) is 10.7 Å². The number of nitrogens with one attached hydrogen (secondary N) is 1. The zero-order chi connectivity index (χ0) is 15.5. The number of aryl methyl sites for hydroxylation is 1. The standard InChI is InChI=1S/C15H17FN2O2S/c1-11-6-7-14(16)15(8-11)21(19,20)18-10-13-5-3-2-4-12(13)9-17/h2-8,18H,9-10,17H2,1H3. The normalized spacial score (nSPS) is 11.6. The number of halogens is 1. The Hall–Kier alpha value is -1.76. The molecule has 2 aromatic rings. The lowest BCUT2D eigenvalue weighted by Crippen LogP contribution is -2.25. The summed E-state index contributed by atoms with van der Waals surface area (Å²) in [5.41, 5.74) is 7.91. The van der Waals surface area contributed by atoms with Crippen LogP contribution >= 0.6 is 0 Å². The molecule has 2 rings (SSSR count). The second kappa shape index (κ2) is 6.34. The van der Waals surface area contributed by atoms with Gasteiger partial charge < -0.3 is 5.73 Å². The molecule has 4 nitrogen and oxygen atoms in total. The van der Waals surface area contributed by atoms with E-state index < -0.39 is 15.8 Å². The maximum absolute atomic E-state index is 13.7. The third-order valence-corrected chi connectivity index (χ3v) is 4.58. The zero-order valence-corrected chi connectivity index (χ0v) is 12.5. The van der Waals surface area contributed by atoms with Gasteiger partial charge in [-0.3, -0.25) is 0 Å². The summed E-state index contributed by atoms with van der Waals surface area (Å²) in [6.07, 6.45) is 0. The molecule has 21 heavy (non-hydrogen) atoms. The van der Waals surface area contributed by atoms with Crippen molar-refractivity contribution in [3.8, 4) is 0 Å².